The van der Waals surface area contributed by atoms with Crippen LogP contribution in [0.4, 0.5) is 14.5 Å². The highest BCUT2D eigenvalue weighted by atomic mass is 19.3. The van der Waals surface area contributed by atoms with E-state index in [1.165, 1.54) is 23.7 Å². The fourth-order valence-electron chi connectivity index (χ4n) is 2.73. The van der Waals surface area contributed by atoms with Crippen LogP contribution in [0.25, 0.3) is 0 Å². The van der Waals surface area contributed by atoms with E-state index in [2.05, 4.69) is 10.4 Å². The molecule has 0 aliphatic carbocycles. The number of hydrogen-bond donors (Lipinski definition) is 1. The Balaban J connectivity index is 1.80. The van der Waals surface area contributed by atoms with E-state index in [0.29, 0.717) is 12.1 Å². The molecule has 0 radical (unpaired) electrons. The first-order valence-corrected chi connectivity index (χ1v) is 7.89. The number of anilines is 1. The molecule has 1 unspecified atom stereocenters. The van der Waals surface area contributed by atoms with Crippen LogP contribution in [0.1, 0.15) is 39.0 Å². The van der Waals surface area contributed by atoms with Crippen LogP contribution in [0.5, 0.6) is 0 Å². The lowest BCUT2D eigenvalue weighted by atomic mass is 10.2. The van der Waals surface area contributed by atoms with Crippen molar-refractivity contribution in [2.75, 3.05) is 18.4 Å². The van der Waals surface area contributed by atoms with Crippen LogP contribution in [0, 0.1) is 0 Å². The zero-order chi connectivity index (χ0) is 15.9. The van der Waals surface area contributed by atoms with Gasteiger partial charge < -0.3 is 10.2 Å². The lowest BCUT2D eigenvalue weighted by Gasteiger charge is -2.22. The van der Waals surface area contributed by atoms with E-state index in [0.717, 1.165) is 25.9 Å². The molecule has 124 valence electrons. The fraction of sp³-hybridized carbons (Fsp3) is 0.733. The molecule has 7 heteroatoms. The summed E-state index contributed by atoms with van der Waals surface area (Å²) in [6, 6.07) is -0.0556. The molecule has 1 saturated heterocycles. The van der Waals surface area contributed by atoms with Crippen LogP contribution < -0.4 is 5.32 Å². The van der Waals surface area contributed by atoms with Gasteiger partial charge in [-0.3, -0.25) is 9.48 Å². The van der Waals surface area contributed by atoms with Gasteiger partial charge >= 0.3 is 0 Å². The number of hydrogen-bond acceptors (Lipinski definition) is 3. The van der Waals surface area contributed by atoms with Gasteiger partial charge in [-0.2, -0.15) is 5.10 Å². The molecule has 0 saturated carbocycles. The van der Waals surface area contributed by atoms with E-state index in [-0.39, 0.29) is 11.9 Å². The number of carbonyl (C=O) groups excluding carboxylic acids is 1. The average Bonchev–Trinajstić information content (AvgIpc) is 2.72. The lowest BCUT2D eigenvalue weighted by molar-refractivity contribution is -0.131. The molecule has 2 heterocycles. The number of amides is 1. The van der Waals surface area contributed by atoms with Crippen molar-refractivity contribution < 1.29 is 13.6 Å². The highest BCUT2D eigenvalue weighted by molar-refractivity contribution is 5.77. The minimum Gasteiger partial charge on any atom is -0.380 e. The normalized spacial score (nSPS) is 17.4. The first-order chi connectivity index (χ1) is 10.5. The van der Waals surface area contributed by atoms with Crippen LogP contribution in [0.2, 0.25) is 0 Å². The Bertz CT molecular complexity index is 470. The molecule has 1 aromatic heterocycles. The topological polar surface area (TPSA) is 50.2 Å². The Morgan fingerprint density at radius 1 is 1.32 bits per heavy atom. The largest absolute Gasteiger partial charge is 0.380 e. The van der Waals surface area contributed by atoms with E-state index in [9.17, 15) is 13.6 Å². The van der Waals surface area contributed by atoms with Gasteiger partial charge in [0.25, 0.3) is 6.43 Å². The van der Waals surface area contributed by atoms with Crippen molar-refractivity contribution in [2.24, 2.45) is 0 Å². The predicted molar refractivity (Wildman–Crippen MR) is 81.0 cm³/mol. The van der Waals surface area contributed by atoms with Crippen LogP contribution in [0.3, 0.4) is 0 Å². The molecule has 1 atom stereocenters. The minimum atomic E-state index is -2.42. The van der Waals surface area contributed by atoms with Crippen LogP contribution in [0.15, 0.2) is 12.4 Å². The predicted octanol–water partition coefficient (Wildman–Crippen LogP) is 2.74. The Morgan fingerprint density at radius 2 is 2.00 bits per heavy atom. The molecule has 2 rings (SSSR count). The summed E-state index contributed by atoms with van der Waals surface area (Å²) >= 11 is 0. The molecule has 1 N–H and O–H groups in total. The van der Waals surface area contributed by atoms with Crippen LogP contribution in [-0.2, 0) is 11.3 Å². The molecule has 1 aliphatic heterocycles. The Hall–Kier alpha value is -1.66. The number of likely N-dealkylation sites (tertiary alicyclic amines) is 1. The number of carbonyl (C=O) groups is 1. The van der Waals surface area contributed by atoms with Gasteiger partial charge in [0.15, 0.2) is 0 Å². The molecule has 0 aromatic carbocycles. The summed E-state index contributed by atoms with van der Waals surface area (Å²) in [6.45, 7) is 3.19. The lowest BCUT2D eigenvalue weighted by Crippen LogP contribution is -2.35. The fourth-order valence-corrected chi connectivity index (χ4v) is 2.73. The number of nitrogens with one attached hydrogen (secondary N) is 1. The monoisotopic (exact) mass is 314 g/mol. The summed E-state index contributed by atoms with van der Waals surface area (Å²) < 4.78 is 25.7. The second kappa shape index (κ2) is 8.10. The molecule has 0 spiro atoms. The first kappa shape index (κ1) is 16.7. The zero-order valence-electron chi connectivity index (χ0n) is 13.0. The van der Waals surface area contributed by atoms with E-state index < -0.39 is 13.0 Å². The zero-order valence-corrected chi connectivity index (χ0v) is 13.0. The van der Waals surface area contributed by atoms with Crippen molar-refractivity contribution in [1.29, 1.82) is 0 Å². The van der Waals surface area contributed by atoms with Crippen molar-refractivity contribution >= 4 is 11.6 Å². The van der Waals surface area contributed by atoms with Gasteiger partial charge in [-0.1, -0.05) is 12.8 Å². The highest BCUT2D eigenvalue weighted by Crippen LogP contribution is 2.14. The summed E-state index contributed by atoms with van der Waals surface area (Å²) in [7, 11) is 0. The molecular weight excluding hydrogens is 290 g/mol. The quantitative estimate of drug-likeness (QED) is 0.878. The number of halogens is 2. The maximum atomic E-state index is 12.3. The van der Waals surface area contributed by atoms with E-state index in [1.54, 1.807) is 6.20 Å². The van der Waals surface area contributed by atoms with Crippen molar-refractivity contribution in [3.8, 4) is 0 Å². The van der Waals surface area contributed by atoms with Gasteiger partial charge in [0, 0.05) is 31.7 Å². The molecule has 5 nitrogen and oxygen atoms in total. The SMILES string of the molecule is CC(CC(=O)N1CCCCCC1)Nc1cnn(CC(F)F)c1. The smallest absolute Gasteiger partial charge is 0.257 e. The van der Waals surface area contributed by atoms with Crippen molar-refractivity contribution in [3.63, 3.8) is 0 Å². The maximum Gasteiger partial charge on any atom is 0.257 e. The minimum absolute atomic E-state index is 0.0556. The van der Waals surface area contributed by atoms with Gasteiger partial charge in [0.05, 0.1) is 11.9 Å². The molecule has 1 amide bonds. The first-order valence-electron chi connectivity index (χ1n) is 7.89. The van der Waals surface area contributed by atoms with Gasteiger partial charge in [0.2, 0.25) is 5.91 Å². The maximum absolute atomic E-state index is 12.3. The third kappa shape index (κ3) is 5.27. The Labute approximate surface area is 129 Å². The second-order valence-electron chi connectivity index (χ2n) is 5.89. The van der Waals surface area contributed by atoms with Crippen molar-refractivity contribution in [2.45, 2.75) is 58.0 Å². The van der Waals surface area contributed by atoms with Crippen LogP contribution >= 0.6 is 0 Å². The molecule has 0 bridgehead atoms. The molecule has 1 aromatic rings. The van der Waals surface area contributed by atoms with Gasteiger partial charge in [-0.25, -0.2) is 8.78 Å². The van der Waals surface area contributed by atoms with E-state index >= 15 is 0 Å². The molecule has 1 aliphatic rings. The molecule has 1 fully saturated rings. The van der Waals surface area contributed by atoms with Crippen molar-refractivity contribution in [1.82, 2.24) is 14.7 Å². The number of nitrogens with zero attached hydrogens (tertiary/aromatic N) is 3. The summed E-state index contributed by atoms with van der Waals surface area (Å²) in [5.41, 5.74) is 0.664. The van der Waals surface area contributed by atoms with E-state index in [4.69, 9.17) is 0 Å². The highest BCUT2D eigenvalue weighted by Gasteiger charge is 2.18. The Kier molecular flexibility index (Phi) is 6.15. The second-order valence-corrected chi connectivity index (χ2v) is 5.89. The van der Waals surface area contributed by atoms with Gasteiger partial charge in [-0.15, -0.1) is 0 Å². The number of rotatable bonds is 6. The summed E-state index contributed by atoms with van der Waals surface area (Å²) in [6.07, 6.45) is 5.58. The number of alkyl halides is 2. The third-order valence-electron chi connectivity index (χ3n) is 3.81. The molecular formula is C15H24F2N4O. The van der Waals surface area contributed by atoms with Gasteiger partial charge in [0.1, 0.15) is 6.54 Å². The summed E-state index contributed by atoms with van der Waals surface area (Å²) in [4.78, 5) is 14.2. The van der Waals surface area contributed by atoms with Crippen LogP contribution in [-0.4, -0.2) is 46.1 Å². The van der Waals surface area contributed by atoms with Crippen molar-refractivity contribution in [3.05, 3.63) is 12.4 Å². The Morgan fingerprint density at radius 3 is 2.64 bits per heavy atom. The third-order valence-corrected chi connectivity index (χ3v) is 3.81. The van der Waals surface area contributed by atoms with E-state index in [1.807, 2.05) is 11.8 Å². The molecule has 22 heavy (non-hydrogen) atoms. The summed E-state index contributed by atoms with van der Waals surface area (Å²) in [5.74, 6) is 0.155. The standard InChI is InChI=1S/C15H24F2N4O/c1-12(8-15(22)20-6-4-2-3-5-7-20)19-13-9-18-21(10-13)11-14(16)17/h9-10,12,14,19H,2-8,11H2,1H3. The number of aromatic nitrogens is 2. The average molecular weight is 314 g/mol. The van der Waals surface area contributed by atoms with Gasteiger partial charge in [-0.05, 0) is 19.8 Å². The summed E-state index contributed by atoms with van der Waals surface area (Å²) in [5, 5.41) is 7.02.